The molecule has 0 bridgehead atoms. The first-order valence-electron chi connectivity index (χ1n) is 12.9. The average molecular weight is 553 g/mol. The van der Waals surface area contributed by atoms with Gasteiger partial charge in [-0.05, 0) is 37.6 Å². The first-order chi connectivity index (χ1) is 19.2. The molecule has 210 valence electrons. The van der Waals surface area contributed by atoms with Gasteiger partial charge >= 0.3 is 6.61 Å². The molecule has 0 saturated carbocycles. The number of hydrogen-bond acceptors (Lipinski definition) is 7. The molecule has 3 heterocycles. The van der Waals surface area contributed by atoms with Crippen LogP contribution in [-0.2, 0) is 18.4 Å². The van der Waals surface area contributed by atoms with Crippen LogP contribution in [0.1, 0.15) is 18.2 Å². The smallest absolute Gasteiger partial charge is 0.387 e. The Kier molecular flexibility index (Phi) is 7.53. The van der Waals surface area contributed by atoms with Crippen LogP contribution in [0.15, 0.2) is 53.5 Å². The van der Waals surface area contributed by atoms with E-state index in [1.807, 2.05) is 30.9 Å². The number of rotatable bonds is 7. The molecule has 12 heteroatoms. The van der Waals surface area contributed by atoms with Crippen molar-refractivity contribution in [2.75, 3.05) is 31.1 Å². The number of para-hydroxylation sites is 1. The van der Waals surface area contributed by atoms with Gasteiger partial charge in [0, 0.05) is 50.0 Å². The van der Waals surface area contributed by atoms with Gasteiger partial charge < -0.3 is 19.6 Å². The molecular weight excluding hydrogens is 522 g/mol. The van der Waals surface area contributed by atoms with E-state index in [4.69, 9.17) is 9.72 Å². The molecule has 1 aliphatic rings. The minimum absolute atomic E-state index is 0.0543. The molecule has 0 aliphatic carbocycles. The van der Waals surface area contributed by atoms with Gasteiger partial charge in [-0.25, -0.2) is 9.97 Å². The van der Waals surface area contributed by atoms with Crippen LogP contribution in [0, 0.1) is 6.92 Å². The number of amides is 1. The monoisotopic (exact) mass is 552 g/mol. The highest BCUT2D eigenvalue weighted by Gasteiger charge is 2.28. The van der Waals surface area contributed by atoms with Gasteiger partial charge in [0.2, 0.25) is 11.9 Å². The van der Waals surface area contributed by atoms with E-state index < -0.39 is 13.2 Å². The fourth-order valence-corrected chi connectivity index (χ4v) is 5.23. The van der Waals surface area contributed by atoms with E-state index >= 15 is 0 Å². The average Bonchev–Trinajstić information content (AvgIpc) is 3.17. The van der Waals surface area contributed by atoms with Crippen LogP contribution < -0.4 is 15.2 Å². The fraction of sp³-hybridized carbons (Fsp3) is 0.357. The molecule has 4 aromatic rings. The lowest BCUT2D eigenvalue weighted by Crippen LogP contribution is -2.55. The Balaban J connectivity index is 1.46. The van der Waals surface area contributed by atoms with Crippen molar-refractivity contribution in [1.29, 1.82) is 0 Å². The van der Waals surface area contributed by atoms with Gasteiger partial charge in [-0.1, -0.05) is 24.3 Å². The number of alkyl halides is 2. The molecule has 2 aromatic carbocycles. The van der Waals surface area contributed by atoms with Gasteiger partial charge in [0.05, 0.1) is 23.1 Å². The SMILES string of the molecule is Cc1nc(N2CCN(C(=O)CO)C(C)C2)ncc1-c1ccc2c(=O)n(C)n(Cc3ccccc3OC(F)F)c2c1. The molecule has 2 aromatic heterocycles. The van der Waals surface area contributed by atoms with Gasteiger partial charge in [0.1, 0.15) is 12.4 Å². The second-order valence-corrected chi connectivity index (χ2v) is 9.81. The largest absolute Gasteiger partial charge is 0.434 e. The third-order valence-corrected chi connectivity index (χ3v) is 7.31. The lowest BCUT2D eigenvalue weighted by molar-refractivity contribution is -0.136. The Hall–Kier alpha value is -4.32. The number of piperazine rings is 1. The van der Waals surface area contributed by atoms with E-state index in [1.54, 1.807) is 47.1 Å². The van der Waals surface area contributed by atoms with Gasteiger partial charge in [0.15, 0.2) is 0 Å². The summed E-state index contributed by atoms with van der Waals surface area (Å²) in [6.45, 7) is 2.06. The van der Waals surface area contributed by atoms with Crippen LogP contribution in [0.2, 0.25) is 0 Å². The molecule has 1 unspecified atom stereocenters. The van der Waals surface area contributed by atoms with Crippen molar-refractivity contribution in [3.8, 4) is 16.9 Å². The van der Waals surface area contributed by atoms with Crippen molar-refractivity contribution >= 4 is 22.8 Å². The lowest BCUT2D eigenvalue weighted by atomic mass is 10.0. The number of aryl methyl sites for hydroxylation is 1. The van der Waals surface area contributed by atoms with Crippen LogP contribution in [0.5, 0.6) is 5.75 Å². The number of nitrogens with zero attached hydrogens (tertiary/aromatic N) is 6. The summed E-state index contributed by atoms with van der Waals surface area (Å²) in [4.78, 5) is 37.9. The van der Waals surface area contributed by atoms with Gasteiger partial charge in [-0.3, -0.25) is 19.0 Å². The molecule has 1 saturated heterocycles. The fourth-order valence-electron chi connectivity index (χ4n) is 5.23. The minimum Gasteiger partial charge on any atom is -0.434 e. The maximum absolute atomic E-state index is 13.0. The van der Waals surface area contributed by atoms with Gasteiger partial charge in [0.25, 0.3) is 5.56 Å². The Labute approximate surface area is 229 Å². The standard InChI is InChI=1S/C28H30F2N6O4/c1-17-14-34(10-11-35(17)25(38)16-37)28-31-13-22(18(2)32-28)19-8-9-21-23(12-19)36(33(3)26(21)39)15-20-6-4-5-7-24(20)40-27(29)30/h4-9,12-13,17,27,37H,10-11,14-16H2,1-3H3. The summed E-state index contributed by atoms with van der Waals surface area (Å²) >= 11 is 0. The molecule has 0 radical (unpaired) electrons. The number of ether oxygens (including phenoxy) is 1. The zero-order valence-electron chi connectivity index (χ0n) is 22.4. The molecule has 1 N–H and O–H groups in total. The van der Waals surface area contributed by atoms with Crippen molar-refractivity contribution in [1.82, 2.24) is 24.2 Å². The predicted octanol–water partition coefficient (Wildman–Crippen LogP) is 2.78. The molecule has 5 rings (SSSR count). The Bertz CT molecular complexity index is 1620. The summed E-state index contributed by atoms with van der Waals surface area (Å²) in [6, 6.07) is 11.9. The summed E-state index contributed by atoms with van der Waals surface area (Å²) in [6.07, 6.45) is 1.74. The van der Waals surface area contributed by atoms with Gasteiger partial charge in [-0.2, -0.15) is 8.78 Å². The highest BCUT2D eigenvalue weighted by molar-refractivity contribution is 5.85. The molecule has 10 nitrogen and oxygen atoms in total. The van der Waals surface area contributed by atoms with Crippen molar-refractivity contribution in [3.63, 3.8) is 0 Å². The number of carbonyl (C=O) groups is 1. The summed E-state index contributed by atoms with van der Waals surface area (Å²) < 4.78 is 33.8. The second-order valence-electron chi connectivity index (χ2n) is 9.81. The summed E-state index contributed by atoms with van der Waals surface area (Å²) in [5.41, 5.74) is 3.28. The zero-order chi connectivity index (χ0) is 28.6. The maximum Gasteiger partial charge on any atom is 0.387 e. The van der Waals surface area contributed by atoms with Crippen LogP contribution in [-0.4, -0.2) is 74.1 Å². The topological polar surface area (TPSA) is 106 Å². The second kappa shape index (κ2) is 11.0. The van der Waals surface area contributed by atoms with E-state index in [-0.39, 0.29) is 29.8 Å². The van der Waals surface area contributed by atoms with Crippen LogP contribution in [0.25, 0.3) is 22.0 Å². The first kappa shape index (κ1) is 27.3. The first-order valence-corrected chi connectivity index (χ1v) is 12.9. The van der Waals surface area contributed by atoms with Crippen molar-refractivity contribution < 1.29 is 23.4 Å². The van der Waals surface area contributed by atoms with Crippen molar-refractivity contribution in [3.05, 3.63) is 70.3 Å². The Morgan fingerprint density at radius 1 is 1.20 bits per heavy atom. The minimum atomic E-state index is -2.96. The Morgan fingerprint density at radius 2 is 1.98 bits per heavy atom. The lowest BCUT2D eigenvalue weighted by Gasteiger charge is -2.39. The van der Waals surface area contributed by atoms with E-state index in [9.17, 15) is 23.5 Å². The number of anilines is 1. The number of fused-ring (bicyclic) bond motifs is 1. The summed E-state index contributed by atoms with van der Waals surface area (Å²) in [5.74, 6) is 0.315. The number of benzene rings is 2. The van der Waals surface area contributed by atoms with E-state index in [2.05, 4.69) is 4.98 Å². The van der Waals surface area contributed by atoms with Crippen molar-refractivity contribution in [2.24, 2.45) is 7.05 Å². The number of aliphatic hydroxyl groups excluding tert-OH is 1. The molecule has 1 amide bonds. The predicted molar refractivity (Wildman–Crippen MR) is 146 cm³/mol. The molecular formula is C28H30F2N6O4. The molecule has 1 fully saturated rings. The third-order valence-electron chi connectivity index (χ3n) is 7.31. The van der Waals surface area contributed by atoms with E-state index in [1.165, 1.54) is 10.7 Å². The number of carbonyl (C=O) groups excluding carboxylic acids is 1. The van der Waals surface area contributed by atoms with Gasteiger partial charge in [-0.15, -0.1) is 0 Å². The zero-order valence-corrected chi connectivity index (χ0v) is 22.4. The van der Waals surface area contributed by atoms with Crippen LogP contribution in [0.3, 0.4) is 0 Å². The number of hydrogen-bond donors (Lipinski definition) is 1. The van der Waals surface area contributed by atoms with E-state index in [0.29, 0.717) is 42.0 Å². The van der Waals surface area contributed by atoms with Crippen LogP contribution >= 0.6 is 0 Å². The quantitative estimate of drug-likeness (QED) is 0.376. The summed E-state index contributed by atoms with van der Waals surface area (Å²) in [7, 11) is 1.64. The summed E-state index contributed by atoms with van der Waals surface area (Å²) in [5, 5.41) is 9.70. The molecule has 1 aliphatic heterocycles. The Morgan fingerprint density at radius 3 is 2.67 bits per heavy atom. The number of aliphatic hydroxyl groups is 1. The van der Waals surface area contributed by atoms with E-state index in [0.717, 1.165) is 16.8 Å². The third kappa shape index (κ3) is 5.14. The van der Waals surface area contributed by atoms with Crippen LogP contribution in [0.4, 0.5) is 14.7 Å². The highest BCUT2D eigenvalue weighted by Crippen LogP contribution is 2.28. The molecule has 1 atom stereocenters. The molecule has 0 spiro atoms. The number of aromatic nitrogens is 4. The maximum atomic E-state index is 13.0. The van der Waals surface area contributed by atoms with Crippen molar-refractivity contribution in [2.45, 2.75) is 33.0 Å². The highest BCUT2D eigenvalue weighted by atomic mass is 19.3. The molecule has 40 heavy (non-hydrogen) atoms. The number of halogens is 2. The normalized spacial score (nSPS) is 15.7.